The van der Waals surface area contributed by atoms with Gasteiger partial charge in [-0.15, -0.1) is 0 Å². The molecule has 4 nitrogen and oxygen atoms in total. The summed E-state index contributed by atoms with van der Waals surface area (Å²) in [6.45, 7) is 4.24. The summed E-state index contributed by atoms with van der Waals surface area (Å²) < 4.78 is 0. The number of hydrogen-bond donors (Lipinski definition) is 2. The Kier molecular flexibility index (Phi) is 4.99. The average Bonchev–Trinajstić information content (AvgIpc) is 2.47. The summed E-state index contributed by atoms with van der Waals surface area (Å²) in [5, 5.41) is 12.6. The second-order valence-corrected chi connectivity index (χ2v) is 5.66. The second-order valence-electron chi connectivity index (χ2n) is 5.66. The minimum absolute atomic E-state index is 0.321. The lowest BCUT2D eigenvalue weighted by molar-refractivity contribution is 0.0696. The Balaban J connectivity index is 2.05. The van der Waals surface area contributed by atoms with Crippen molar-refractivity contribution in [1.29, 1.82) is 0 Å². The van der Waals surface area contributed by atoms with Crippen molar-refractivity contribution in [3.63, 3.8) is 0 Å². The quantitative estimate of drug-likeness (QED) is 0.860. The standard InChI is InChI=1S/C16H24N2O2/c1-3-11-5-7-14(8-6-11)18-15-10-12(16(19)20)9-13(4-2)17-15/h9-11,14H,3-8H2,1-2H3,(H,17,18)(H,19,20). The topological polar surface area (TPSA) is 62.2 Å². The van der Waals surface area contributed by atoms with E-state index in [-0.39, 0.29) is 0 Å². The number of pyridine rings is 1. The molecule has 1 heterocycles. The fourth-order valence-electron chi connectivity index (χ4n) is 2.89. The number of aromatic nitrogens is 1. The predicted octanol–water partition coefficient (Wildman–Crippen LogP) is 3.72. The molecule has 0 unspecified atom stereocenters. The van der Waals surface area contributed by atoms with E-state index in [0.29, 0.717) is 17.4 Å². The van der Waals surface area contributed by atoms with Crippen LogP contribution in [0.4, 0.5) is 5.82 Å². The molecule has 1 aromatic heterocycles. The fraction of sp³-hybridized carbons (Fsp3) is 0.625. The minimum atomic E-state index is -0.889. The molecule has 20 heavy (non-hydrogen) atoms. The predicted molar refractivity (Wildman–Crippen MR) is 80.2 cm³/mol. The number of carbonyl (C=O) groups is 1. The molecule has 0 amide bonds. The van der Waals surface area contributed by atoms with E-state index in [1.165, 1.54) is 19.3 Å². The molecule has 1 aliphatic rings. The summed E-state index contributed by atoms with van der Waals surface area (Å²) in [5.74, 6) is 0.680. The lowest BCUT2D eigenvalue weighted by Gasteiger charge is -2.29. The zero-order valence-electron chi connectivity index (χ0n) is 12.4. The van der Waals surface area contributed by atoms with E-state index >= 15 is 0 Å². The maximum atomic E-state index is 11.1. The van der Waals surface area contributed by atoms with Crippen LogP contribution in [0.5, 0.6) is 0 Å². The van der Waals surface area contributed by atoms with Gasteiger partial charge >= 0.3 is 5.97 Å². The van der Waals surface area contributed by atoms with E-state index in [9.17, 15) is 4.79 Å². The molecule has 1 aromatic rings. The highest BCUT2D eigenvalue weighted by atomic mass is 16.4. The van der Waals surface area contributed by atoms with Crippen molar-refractivity contribution in [3.05, 3.63) is 23.4 Å². The molecule has 0 spiro atoms. The number of carboxylic acid groups (broad SMARTS) is 1. The van der Waals surface area contributed by atoms with Crippen molar-refractivity contribution in [2.24, 2.45) is 5.92 Å². The van der Waals surface area contributed by atoms with Crippen LogP contribution < -0.4 is 5.32 Å². The molecule has 1 fully saturated rings. The smallest absolute Gasteiger partial charge is 0.335 e. The normalized spacial score (nSPS) is 22.5. The first kappa shape index (κ1) is 14.8. The number of nitrogens with one attached hydrogen (secondary N) is 1. The molecule has 2 rings (SSSR count). The number of anilines is 1. The van der Waals surface area contributed by atoms with E-state index in [1.807, 2.05) is 6.92 Å². The highest BCUT2D eigenvalue weighted by Crippen LogP contribution is 2.28. The van der Waals surface area contributed by atoms with E-state index in [2.05, 4.69) is 17.2 Å². The summed E-state index contributed by atoms with van der Waals surface area (Å²) in [6.07, 6.45) is 6.83. The zero-order chi connectivity index (χ0) is 14.5. The maximum absolute atomic E-state index is 11.1. The van der Waals surface area contributed by atoms with Crippen LogP contribution in [0.3, 0.4) is 0 Å². The monoisotopic (exact) mass is 276 g/mol. The van der Waals surface area contributed by atoms with Crippen molar-refractivity contribution in [2.75, 3.05) is 5.32 Å². The first-order valence-corrected chi connectivity index (χ1v) is 7.63. The van der Waals surface area contributed by atoms with Crippen LogP contribution in [0.2, 0.25) is 0 Å². The highest BCUT2D eigenvalue weighted by Gasteiger charge is 2.20. The third-order valence-electron chi connectivity index (χ3n) is 4.26. The Morgan fingerprint density at radius 3 is 2.55 bits per heavy atom. The van der Waals surface area contributed by atoms with Gasteiger partial charge in [0.15, 0.2) is 0 Å². The van der Waals surface area contributed by atoms with Crippen LogP contribution in [0.25, 0.3) is 0 Å². The fourth-order valence-corrected chi connectivity index (χ4v) is 2.89. The van der Waals surface area contributed by atoms with E-state index in [0.717, 1.165) is 30.9 Å². The zero-order valence-corrected chi connectivity index (χ0v) is 12.4. The van der Waals surface area contributed by atoms with Crippen LogP contribution >= 0.6 is 0 Å². The number of aryl methyl sites for hydroxylation is 1. The first-order valence-electron chi connectivity index (χ1n) is 7.63. The SMILES string of the molecule is CCc1cc(C(=O)O)cc(NC2CCC(CC)CC2)n1. The number of aromatic carboxylic acids is 1. The molecule has 4 heteroatoms. The van der Waals surface area contributed by atoms with Gasteiger partial charge in [-0.2, -0.15) is 0 Å². The molecule has 110 valence electrons. The molecule has 0 aromatic carbocycles. The van der Waals surface area contributed by atoms with Crippen molar-refractivity contribution in [1.82, 2.24) is 4.98 Å². The number of nitrogens with zero attached hydrogens (tertiary/aromatic N) is 1. The summed E-state index contributed by atoms with van der Waals surface area (Å²) in [5.41, 5.74) is 1.15. The van der Waals surface area contributed by atoms with Gasteiger partial charge in [0.2, 0.25) is 0 Å². The largest absolute Gasteiger partial charge is 0.478 e. The van der Waals surface area contributed by atoms with Crippen LogP contribution in [0.15, 0.2) is 12.1 Å². The number of carboxylic acids is 1. The van der Waals surface area contributed by atoms with Gasteiger partial charge < -0.3 is 10.4 Å². The van der Waals surface area contributed by atoms with Crippen LogP contribution in [0, 0.1) is 5.92 Å². The molecule has 1 saturated carbocycles. The Morgan fingerprint density at radius 1 is 1.30 bits per heavy atom. The molecule has 0 aliphatic heterocycles. The summed E-state index contributed by atoms with van der Waals surface area (Å²) >= 11 is 0. The summed E-state index contributed by atoms with van der Waals surface area (Å²) in [6, 6.07) is 3.73. The second kappa shape index (κ2) is 6.73. The molecule has 0 bridgehead atoms. The lowest BCUT2D eigenvalue weighted by atomic mass is 9.84. The Labute approximate surface area is 120 Å². The van der Waals surface area contributed by atoms with Crippen molar-refractivity contribution in [3.8, 4) is 0 Å². The van der Waals surface area contributed by atoms with Crippen molar-refractivity contribution < 1.29 is 9.90 Å². The van der Waals surface area contributed by atoms with Crippen LogP contribution in [0.1, 0.15) is 62.0 Å². The molecule has 0 saturated heterocycles. The maximum Gasteiger partial charge on any atom is 0.335 e. The highest BCUT2D eigenvalue weighted by molar-refractivity contribution is 5.88. The summed E-state index contributed by atoms with van der Waals surface area (Å²) in [7, 11) is 0. The van der Waals surface area contributed by atoms with Gasteiger partial charge in [0.05, 0.1) is 5.56 Å². The van der Waals surface area contributed by atoms with Gasteiger partial charge in [-0.25, -0.2) is 9.78 Å². The van der Waals surface area contributed by atoms with Gasteiger partial charge in [-0.3, -0.25) is 0 Å². The van der Waals surface area contributed by atoms with Crippen molar-refractivity contribution >= 4 is 11.8 Å². The lowest BCUT2D eigenvalue weighted by Crippen LogP contribution is -2.26. The molecular weight excluding hydrogens is 252 g/mol. The van der Waals surface area contributed by atoms with E-state index in [1.54, 1.807) is 12.1 Å². The first-order chi connectivity index (χ1) is 9.62. The molecule has 1 aliphatic carbocycles. The van der Waals surface area contributed by atoms with Gasteiger partial charge in [0.25, 0.3) is 0 Å². The summed E-state index contributed by atoms with van der Waals surface area (Å²) in [4.78, 5) is 15.6. The molecule has 0 atom stereocenters. The number of hydrogen-bond acceptors (Lipinski definition) is 3. The van der Waals surface area contributed by atoms with Gasteiger partial charge in [-0.1, -0.05) is 20.3 Å². The van der Waals surface area contributed by atoms with Gasteiger partial charge in [0.1, 0.15) is 5.82 Å². The molecular formula is C16H24N2O2. The Morgan fingerprint density at radius 2 is 2.00 bits per heavy atom. The Bertz CT molecular complexity index is 466. The third kappa shape index (κ3) is 3.71. The third-order valence-corrected chi connectivity index (χ3v) is 4.26. The van der Waals surface area contributed by atoms with Gasteiger partial charge in [-0.05, 0) is 50.2 Å². The van der Waals surface area contributed by atoms with Gasteiger partial charge in [0, 0.05) is 11.7 Å². The molecule has 2 N–H and O–H groups in total. The minimum Gasteiger partial charge on any atom is -0.478 e. The number of rotatable bonds is 5. The van der Waals surface area contributed by atoms with Crippen LogP contribution in [-0.4, -0.2) is 22.1 Å². The van der Waals surface area contributed by atoms with E-state index < -0.39 is 5.97 Å². The molecule has 0 radical (unpaired) electrons. The average molecular weight is 276 g/mol. The van der Waals surface area contributed by atoms with Crippen molar-refractivity contribution in [2.45, 2.75) is 58.4 Å². The van der Waals surface area contributed by atoms with E-state index in [4.69, 9.17) is 5.11 Å². The Hall–Kier alpha value is -1.58. The van der Waals surface area contributed by atoms with Crippen LogP contribution in [-0.2, 0) is 6.42 Å².